The van der Waals surface area contributed by atoms with Gasteiger partial charge in [0.25, 0.3) is 0 Å². The second-order valence-corrected chi connectivity index (χ2v) is 6.54. The van der Waals surface area contributed by atoms with Crippen LogP contribution in [0.1, 0.15) is 26.2 Å². The number of hydrogen-bond donors (Lipinski definition) is 0. The highest BCUT2D eigenvalue weighted by molar-refractivity contribution is 6.09. The van der Waals surface area contributed by atoms with E-state index in [0.29, 0.717) is 11.8 Å². The Kier molecular flexibility index (Phi) is 2.88. The van der Waals surface area contributed by atoms with Crippen molar-refractivity contribution in [3.05, 3.63) is 22.8 Å². The van der Waals surface area contributed by atoms with Crippen LogP contribution in [0.2, 0.25) is 0 Å². The zero-order valence-electron chi connectivity index (χ0n) is 12.5. The minimum absolute atomic E-state index is 0.0386. The molecule has 4 nitrogen and oxygen atoms in total. The zero-order valence-corrected chi connectivity index (χ0v) is 12.5. The molecule has 21 heavy (non-hydrogen) atoms. The molecule has 0 radical (unpaired) electrons. The van der Waals surface area contributed by atoms with Crippen LogP contribution in [-0.2, 0) is 9.53 Å². The predicted molar refractivity (Wildman–Crippen MR) is 81.7 cm³/mol. The van der Waals surface area contributed by atoms with Gasteiger partial charge in [0.1, 0.15) is 0 Å². The van der Waals surface area contributed by atoms with Gasteiger partial charge in [-0.25, -0.2) is 0 Å². The third-order valence-electron chi connectivity index (χ3n) is 5.59. The summed E-state index contributed by atoms with van der Waals surface area (Å²) in [6.07, 6.45) is 6.75. The summed E-state index contributed by atoms with van der Waals surface area (Å²) in [5.74, 6) is 0.807. The first-order valence-corrected chi connectivity index (χ1v) is 7.76. The molecule has 0 amide bonds. The normalized spacial score (nSPS) is 36.7. The summed E-state index contributed by atoms with van der Waals surface area (Å²) in [6.45, 7) is 3.08. The average molecular weight is 284 g/mol. The van der Waals surface area contributed by atoms with Crippen molar-refractivity contribution in [2.75, 3.05) is 13.7 Å². The highest BCUT2D eigenvalue weighted by Crippen LogP contribution is 2.47. The number of nitrogens with zero attached hydrogens (tertiary/aromatic N) is 2. The molecule has 1 saturated carbocycles. The van der Waals surface area contributed by atoms with Gasteiger partial charge < -0.3 is 4.74 Å². The molecular formula is C17H20N2O2. The van der Waals surface area contributed by atoms with Crippen molar-refractivity contribution >= 4 is 17.9 Å². The van der Waals surface area contributed by atoms with E-state index < -0.39 is 0 Å². The Morgan fingerprint density at radius 1 is 1.38 bits per heavy atom. The number of carbonyl (C=O) groups is 1. The van der Waals surface area contributed by atoms with E-state index in [1.165, 1.54) is 29.5 Å². The Bertz CT molecular complexity index is 627. The van der Waals surface area contributed by atoms with Crippen molar-refractivity contribution < 1.29 is 9.53 Å². The van der Waals surface area contributed by atoms with E-state index in [-0.39, 0.29) is 17.9 Å². The lowest BCUT2D eigenvalue weighted by molar-refractivity contribution is -0.146. The lowest BCUT2D eigenvalue weighted by Crippen LogP contribution is -2.28. The topological polar surface area (TPSA) is 51.0 Å². The summed E-state index contributed by atoms with van der Waals surface area (Å²) in [4.78, 5) is 21.7. The van der Waals surface area contributed by atoms with Crippen molar-refractivity contribution in [1.29, 1.82) is 0 Å². The number of aliphatic imine (C=N–C) groups is 2. The maximum atomic E-state index is 12.2. The van der Waals surface area contributed by atoms with E-state index in [9.17, 15) is 4.79 Å². The summed E-state index contributed by atoms with van der Waals surface area (Å²) >= 11 is 0. The zero-order chi connectivity index (χ0) is 14.6. The van der Waals surface area contributed by atoms with Crippen LogP contribution < -0.4 is 0 Å². The summed E-state index contributed by atoms with van der Waals surface area (Å²) in [5, 5.41) is 0. The predicted octanol–water partition coefficient (Wildman–Crippen LogP) is 2.36. The molecule has 1 fully saturated rings. The Balaban J connectivity index is 1.91. The van der Waals surface area contributed by atoms with Crippen LogP contribution in [0.15, 0.2) is 32.8 Å². The van der Waals surface area contributed by atoms with Gasteiger partial charge in [0.15, 0.2) is 0 Å². The SMILES string of the molecule is COC(=O)C1CC2=C3C4=CC=N[C@@H]1C[C@H](CC3=NC4)C2C. The second kappa shape index (κ2) is 4.65. The maximum absolute atomic E-state index is 12.2. The van der Waals surface area contributed by atoms with Crippen LogP contribution >= 0.6 is 0 Å². The molecule has 0 aromatic rings. The number of ether oxygens (including phenoxy) is 1. The molecule has 2 heterocycles. The van der Waals surface area contributed by atoms with Crippen molar-refractivity contribution in [3.63, 3.8) is 0 Å². The second-order valence-electron chi connectivity index (χ2n) is 6.54. The van der Waals surface area contributed by atoms with Crippen LogP contribution in [0, 0.1) is 17.8 Å². The third kappa shape index (κ3) is 1.84. The van der Waals surface area contributed by atoms with Crippen LogP contribution in [0.3, 0.4) is 0 Å². The number of rotatable bonds is 1. The van der Waals surface area contributed by atoms with E-state index in [0.717, 1.165) is 25.8 Å². The average Bonchev–Trinajstić information content (AvgIpc) is 2.86. The van der Waals surface area contributed by atoms with Crippen molar-refractivity contribution in [1.82, 2.24) is 0 Å². The Morgan fingerprint density at radius 3 is 3.05 bits per heavy atom. The molecule has 2 unspecified atom stereocenters. The quantitative estimate of drug-likeness (QED) is 0.694. The molecule has 110 valence electrons. The molecule has 0 spiro atoms. The van der Waals surface area contributed by atoms with Gasteiger partial charge in [0.2, 0.25) is 0 Å². The van der Waals surface area contributed by atoms with E-state index >= 15 is 0 Å². The standard InChI is InChI=1S/C17H20N2O2/c1-9-11-5-14-13(17(20)21-2)7-12(9)16-10(3-4-18-14)8-19-15(16)6-11/h3-4,9,11,13-14H,5-8H2,1-2H3/t9?,11-,13?,14-/m1/s1. The minimum Gasteiger partial charge on any atom is -0.469 e. The molecule has 0 saturated heterocycles. The molecule has 4 heteroatoms. The molecular weight excluding hydrogens is 264 g/mol. The van der Waals surface area contributed by atoms with Gasteiger partial charge in [0.05, 0.1) is 25.6 Å². The van der Waals surface area contributed by atoms with Crippen molar-refractivity contribution in [2.45, 2.75) is 32.2 Å². The van der Waals surface area contributed by atoms with Crippen molar-refractivity contribution in [2.24, 2.45) is 27.7 Å². The lowest BCUT2D eigenvalue weighted by Gasteiger charge is -2.31. The minimum atomic E-state index is -0.145. The monoisotopic (exact) mass is 284 g/mol. The summed E-state index contributed by atoms with van der Waals surface area (Å²) in [6, 6.07) is 0.0386. The molecule has 0 N–H and O–H groups in total. The number of carbonyl (C=O) groups excluding carboxylic acids is 1. The van der Waals surface area contributed by atoms with Crippen molar-refractivity contribution in [3.8, 4) is 0 Å². The fourth-order valence-electron chi connectivity index (χ4n) is 4.38. The van der Waals surface area contributed by atoms with Crippen LogP contribution in [0.5, 0.6) is 0 Å². The fourth-order valence-corrected chi connectivity index (χ4v) is 4.38. The van der Waals surface area contributed by atoms with E-state index in [2.05, 4.69) is 13.0 Å². The number of allylic oxidation sites excluding steroid dienone is 2. The fraction of sp³-hybridized carbons (Fsp3) is 0.588. The summed E-state index contributed by atoms with van der Waals surface area (Å²) in [5.41, 5.74) is 5.29. The Labute approximate surface area is 124 Å². The lowest BCUT2D eigenvalue weighted by atomic mass is 9.73. The van der Waals surface area contributed by atoms with Gasteiger partial charge in [-0.2, -0.15) is 0 Å². The number of esters is 1. The molecule has 4 rings (SSSR count). The molecule has 0 aromatic heterocycles. The van der Waals surface area contributed by atoms with Gasteiger partial charge in [-0.1, -0.05) is 12.5 Å². The molecule has 0 aromatic carbocycles. The molecule has 4 aliphatic rings. The first kappa shape index (κ1) is 13.0. The molecule has 4 atom stereocenters. The van der Waals surface area contributed by atoms with E-state index in [4.69, 9.17) is 14.7 Å². The van der Waals surface area contributed by atoms with Gasteiger partial charge in [-0.15, -0.1) is 0 Å². The molecule has 3 bridgehead atoms. The van der Waals surface area contributed by atoms with Crippen LogP contribution in [0.25, 0.3) is 0 Å². The smallest absolute Gasteiger partial charge is 0.311 e. The Morgan fingerprint density at radius 2 is 2.24 bits per heavy atom. The van der Waals surface area contributed by atoms with Gasteiger partial charge in [0, 0.05) is 17.5 Å². The van der Waals surface area contributed by atoms with Gasteiger partial charge in [-0.3, -0.25) is 14.8 Å². The van der Waals surface area contributed by atoms with Gasteiger partial charge >= 0.3 is 5.97 Å². The number of methoxy groups -OCH3 is 1. The largest absolute Gasteiger partial charge is 0.469 e. The molecule has 2 aliphatic carbocycles. The Hall–Kier alpha value is -1.71. The van der Waals surface area contributed by atoms with Crippen LogP contribution in [0.4, 0.5) is 0 Å². The number of fused-ring (bicyclic) bond motifs is 3. The summed E-state index contributed by atoms with van der Waals surface area (Å²) in [7, 11) is 1.48. The maximum Gasteiger partial charge on any atom is 0.311 e. The highest BCUT2D eigenvalue weighted by Gasteiger charge is 2.44. The van der Waals surface area contributed by atoms with E-state index in [1.54, 1.807) is 0 Å². The van der Waals surface area contributed by atoms with Crippen LogP contribution in [-0.4, -0.2) is 37.6 Å². The number of hydrogen-bond acceptors (Lipinski definition) is 4. The first-order valence-electron chi connectivity index (χ1n) is 7.76. The molecule has 2 aliphatic heterocycles. The summed E-state index contributed by atoms with van der Waals surface area (Å²) < 4.78 is 5.05. The highest BCUT2D eigenvalue weighted by atomic mass is 16.5. The first-order chi connectivity index (χ1) is 10.2. The third-order valence-corrected chi connectivity index (χ3v) is 5.59. The van der Waals surface area contributed by atoms with Gasteiger partial charge in [-0.05, 0) is 42.7 Å². The van der Waals surface area contributed by atoms with E-state index in [1.807, 2.05) is 6.21 Å².